The first-order chi connectivity index (χ1) is 10.9. The van der Waals surface area contributed by atoms with E-state index in [9.17, 15) is 9.59 Å². The summed E-state index contributed by atoms with van der Waals surface area (Å²) in [5.41, 5.74) is 2.55. The van der Waals surface area contributed by atoms with Crippen LogP contribution in [-0.4, -0.2) is 43.9 Å². The van der Waals surface area contributed by atoms with Crippen LogP contribution in [0.15, 0.2) is 18.2 Å². The van der Waals surface area contributed by atoms with Crippen molar-refractivity contribution in [1.82, 2.24) is 10.2 Å². The fraction of sp³-hybridized carbons (Fsp3) is 0.556. The van der Waals surface area contributed by atoms with Crippen LogP contribution in [0.25, 0.3) is 0 Å². The van der Waals surface area contributed by atoms with E-state index in [0.717, 1.165) is 43.6 Å². The summed E-state index contributed by atoms with van der Waals surface area (Å²) in [7, 11) is 3.46. The Bertz CT molecular complexity index is 639. The second-order valence-electron chi connectivity index (χ2n) is 7.09. The smallest absolute Gasteiger partial charge is 0.253 e. The van der Waals surface area contributed by atoms with Gasteiger partial charge in [-0.15, -0.1) is 12.4 Å². The molecular formula is C18H26ClN3O2. The molecule has 1 aliphatic heterocycles. The molecular weight excluding hydrogens is 326 g/mol. The SMILES string of the molecule is Cc1ccc(C(=O)N(C)C)cc1NC(=O)C1CC12CCNCC2.Cl. The largest absolute Gasteiger partial charge is 0.345 e. The lowest BCUT2D eigenvalue weighted by molar-refractivity contribution is -0.118. The second kappa shape index (κ2) is 7.11. The van der Waals surface area contributed by atoms with Gasteiger partial charge in [-0.05, 0) is 62.4 Å². The number of piperidine rings is 1. The lowest BCUT2D eigenvalue weighted by Gasteiger charge is -2.23. The quantitative estimate of drug-likeness (QED) is 0.879. The Kier molecular flexibility index (Phi) is 5.56. The van der Waals surface area contributed by atoms with Crippen LogP contribution in [-0.2, 0) is 4.79 Å². The number of carbonyl (C=O) groups excluding carboxylic acids is 2. The molecule has 1 aromatic rings. The number of nitrogens with zero attached hydrogens (tertiary/aromatic N) is 1. The van der Waals surface area contributed by atoms with Crippen LogP contribution >= 0.6 is 12.4 Å². The Labute approximate surface area is 149 Å². The summed E-state index contributed by atoms with van der Waals surface area (Å²) in [6, 6.07) is 5.48. The van der Waals surface area contributed by atoms with Crippen LogP contribution in [0.2, 0.25) is 0 Å². The van der Waals surface area contributed by atoms with Gasteiger partial charge in [-0.1, -0.05) is 6.07 Å². The van der Waals surface area contributed by atoms with Crippen molar-refractivity contribution < 1.29 is 9.59 Å². The molecule has 1 saturated heterocycles. The summed E-state index contributed by atoms with van der Waals surface area (Å²) in [6.07, 6.45) is 3.17. The minimum Gasteiger partial charge on any atom is -0.345 e. The lowest BCUT2D eigenvalue weighted by Crippen LogP contribution is -2.31. The summed E-state index contributed by atoms with van der Waals surface area (Å²) in [6.45, 7) is 3.97. The van der Waals surface area contributed by atoms with Gasteiger partial charge in [-0.2, -0.15) is 0 Å². The molecule has 0 radical (unpaired) electrons. The van der Waals surface area contributed by atoms with E-state index < -0.39 is 0 Å². The van der Waals surface area contributed by atoms with E-state index in [1.165, 1.54) is 0 Å². The predicted octanol–water partition coefficient (Wildman–Crippen LogP) is 2.45. The van der Waals surface area contributed by atoms with Crippen molar-refractivity contribution in [2.75, 3.05) is 32.5 Å². The third kappa shape index (κ3) is 3.57. The van der Waals surface area contributed by atoms with Gasteiger partial charge in [-0.3, -0.25) is 9.59 Å². The molecule has 0 bridgehead atoms. The number of halogens is 1. The first-order valence-corrected chi connectivity index (χ1v) is 8.27. The van der Waals surface area contributed by atoms with E-state index in [-0.39, 0.29) is 35.6 Å². The summed E-state index contributed by atoms with van der Waals surface area (Å²) in [4.78, 5) is 26.2. The molecule has 2 amide bonds. The van der Waals surface area contributed by atoms with Gasteiger partial charge in [0.05, 0.1) is 0 Å². The zero-order valence-corrected chi connectivity index (χ0v) is 15.3. The van der Waals surface area contributed by atoms with E-state index >= 15 is 0 Å². The molecule has 3 rings (SSSR count). The van der Waals surface area contributed by atoms with Crippen LogP contribution in [0.1, 0.15) is 35.2 Å². The number of carbonyl (C=O) groups is 2. The molecule has 1 atom stereocenters. The maximum Gasteiger partial charge on any atom is 0.253 e. The molecule has 1 unspecified atom stereocenters. The Morgan fingerprint density at radius 2 is 1.92 bits per heavy atom. The zero-order valence-electron chi connectivity index (χ0n) is 14.5. The maximum absolute atomic E-state index is 12.6. The first kappa shape index (κ1) is 18.7. The van der Waals surface area contributed by atoms with E-state index in [4.69, 9.17) is 0 Å². The van der Waals surface area contributed by atoms with E-state index in [1.54, 1.807) is 31.1 Å². The van der Waals surface area contributed by atoms with Crippen LogP contribution < -0.4 is 10.6 Å². The topological polar surface area (TPSA) is 61.4 Å². The number of hydrogen-bond donors (Lipinski definition) is 2. The fourth-order valence-corrected chi connectivity index (χ4v) is 3.56. The molecule has 2 fully saturated rings. The van der Waals surface area contributed by atoms with Crippen molar-refractivity contribution >= 4 is 29.9 Å². The van der Waals surface area contributed by atoms with Crippen LogP contribution in [0.4, 0.5) is 5.69 Å². The monoisotopic (exact) mass is 351 g/mol. The molecule has 1 heterocycles. The van der Waals surface area contributed by atoms with Crippen LogP contribution in [0.5, 0.6) is 0 Å². The maximum atomic E-state index is 12.6. The highest BCUT2D eigenvalue weighted by molar-refractivity contribution is 5.99. The second-order valence-corrected chi connectivity index (χ2v) is 7.09. The minimum atomic E-state index is -0.0539. The number of benzene rings is 1. The van der Waals surface area contributed by atoms with Gasteiger partial charge in [0.1, 0.15) is 0 Å². The molecule has 2 N–H and O–H groups in total. The number of aryl methyl sites for hydroxylation is 1. The fourth-order valence-electron chi connectivity index (χ4n) is 3.56. The van der Waals surface area contributed by atoms with Crippen molar-refractivity contribution in [1.29, 1.82) is 0 Å². The Morgan fingerprint density at radius 1 is 1.25 bits per heavy atom. The number of nitrogens with one attached hydrogen (secondary N) is 2. The first-order valence-electron chi connectivity index (χ1n) is 8.27. The van der Waals surface area contributed by atoms with Gasteiger partial charge in [0.15, 0.2) is 0 Å². The summed E-state index contributed by atoms with van der Waals surface area (Å²) < 4.78 is 0. The summed E-state index contributed by atoms with van der Waals surface area (Å²) in [5, 5.41) is 6.40. The molecule has 1 aliphatic carbocycles. The van der Waals surface area contributed by atoms with Gasteiger partial charge in [0.2, 0.25) is 5.91 Å². The molecule has 1 aromatic carbocycles. The van der Waals surface area contributed by atoms with Gasteiger partial charge >= 0.3 is 0 Å². The van der Waals surface area contributed by atoms with Crippen LogP contribution in [0.3, 0.4) is 0 Å². The normalized spacial score (nSPS) is 20.9. The van der Waals surface area contributed by atoms with Crippen molar-refractivity contribution in [3.63, 3.8) is 0 Å². The summed E-state index contributed by atoms with van der Waals surface area (Å²) >= 11 is 0. The highest BCUT2D eigenvalue weighted by Gasteiger charge is 2.57. The molecule has 1 saturated carbocycles. The highest BCUT2D eigenvalue weighted by Crippen LogP contribution is 2.58. The van der Waals surface area contributed by atoms with E-state index in [1.807, 2.05) is 13.0 Å². The van der Waals surface area contributed by atoms with E-state index in [0.29, 0.717) is 5.56 Å². The molecule has 5 nitrogen and oxygen atoms in total. The number of amides is 2. The number of anilines is 1. The van der Waals surface area contributed by atoms with Gasteiger partial charge in [0, 0.05) is 31.3 Å². The standard InChI is InChI=1S/C18H25N3O2.ClH/c1-12-4-5-13(17(23)21(2)3)10-15(12)20-16(22)14-11-18(14)6-8-19-9-7-18;/h4-5,10,14,19H,6-9,11H2,1-3H3,(H,20,22);1H. The highest BCUT2D eigenvalue weighted by atomic mass is 35.5. The number of hydrogen-bond acceptors (Lipinski definition) is 3. The Hall–Kier alpha value is -1.59. The summed E-state index contributed by atoms with van der Waals surface area (Å²) in [5.74, 6) is 0.170. The lowest BCUT2D eigenvalue weighted by atomic mass is 9.91. The Morgan fingerprint density at radius 3 is 2.54 bits per heavy atom. The van der Waals surface area contributed by atoms with Crippen molar-refractivity contribution in [3.8, 4) is 0 Å². The molecule has 0 aromatic heterocycles. The van der Waals surface area contributed by atoms with E-state index in [2.05, 4.69) is 10.6 Å². The minimum absolute atomic E-state index is 0. The van der Waals surface area contributed by atoms with Gasteiger partial charge < -0.3 is 15.5 Å². The third-order valence-corrected chi connectivity index (χ3v) is 5.25. The van der Waals surface area contributed by atoms with Crippen LogP contribution in [0, 0.1) is 18.3 Å². The van der Waals surface area contributed by atoms with Gasteiger partial charge in [-0.25, -0.2) is 0 Å². The Balaban J connectivity index is 0.00000208. The molecule has 132 valence electrons. The molecule has 1 spiro atoms. The third-order valence-electron chi connectivity index (χ3n) is 5.25. The average Bonchev–Trinajstić information content (AvgIpc) is 3.22. The molecule has 24 heavy (non-hydrogen) atoms. The van der Waals surface area contributed by atoms with Gasteiger partial charge in [0.25, 0.3) is 5.91 Å². The number of rotatable bonds is 3. The average molecular weight is 352 g/mol. The molecule has 2 aliphatic rings. The van der Waals surface area contributed by atoms with Crippen molar-refractivity contribution in [2.24, 2.45) is 11.3 Å². The molecule has 6 heteroatoms. The zero-order chi connectivity index (χ0) is 16.6. The predicted molar refractivity (Wildman–Crippen MR) is 97.7 cm³/mol. The van der Waals surface area contributed by atoms with Crippen molar-refractivity contribution in [2.45, 2.75) is 26.2 Å². The van der Waals surface area contributed by atoms with Crippen molar-refractivity contribution in [3.05, 3.63) is 29.3 Å².